The van der Waals surface area contributed by atoms with Gasteiger partial charge < -0.3 is 20.2 Å². The Kier molecular flexibility index (Phi) is 7.78. The van der Waals surface area contributed by atoms with Crippen molar-refractivity contribution >= 4 is 30.7 Å². The second-order valence-corrected chi connectivity index (χ2v) is 7.02. The van der Waals surface area contributed by atoms with Gasteiger partial charge in [-0.05, 0) is 12.5 Å². The minimum Gasteiger partial charge on any atom is -0.348 e. The lowest BCUT2D eigenvalue weighted by Crippen LogP contribution is -2.49. The first-order valence-corrected chi connectivity index (χ1v) is 9.10. The van der Waals surface area contributed by atoms with Gasteiger partial charge in [-0.3, -0.25) is 4.79 Å². The van der Waals surface area contributed by atoms with Crippen molar-refractivity contribution in [2.24, 2.45) is 5.73 Å². The zero-order valence-electron chi connectivity index (χ0n) is 16.1. The van der Waals surface area contributed by atoms with Gasteiger partial charge in [0.2, 0.25) is 5.91 Å². The van der Waals surface area contributed by atoms with Crippen LogP contribution in [-0.4, -0.2) is 48.1 Å². The van der Waals surface area contributed by atoms with E-state index in [1.165, 1.54) is 5.56 Å². The summed E-state index contributed by atoms with van der Waals surface area (Å²) < 4.78 is 2.15. The molecule has 0 radical (unpaired) electrons. The molecule has 29 heavy (non-hydrogen) atoms. The molecule has 1 aliphatic heterocycles. The molecule has 0 bridgehead atoms. The Morgan fingerprint density at radius 1 is 1.28 bits per heavy atom. The molecule has 0 aliphatic carbocycles. The Balaban J connectivity index is 0.00000150. The lowest BCUT2D eigenvalue weighted by Gasteiger charge is -2.34. The predicted octanol–water partition coefficient (Wildman–Crippen LogP) is 1.91. The maximum Gasteiger partial charge on any atom is 0.240 e. The molecule has 3 aromatic rings. The summed E-state index contributed by atoms with van der Waals surface area (Å²) in [6.07, 6.45) is 4.45. The summed E-state index contributed by atoms with van der Waals surface area (Å²) in [4.78, 5) is 21.5. The van der Waals surface area contributed by atoms with Crippen molar-refractivity contribution in [2.75, 3.05) is 6.54 Å². The summed E-state index contributed by atoms with van der Waals surface area (Å²) in [5.41, 5.74) is 8.18. The zero-order chi connectivity index (χ0) is 18.8. The molecular weight excluding hydrogens is 413 g/mol. The third-order valence-electron chi connectivity index (χ3n) is 4.92. The molecule has 0 unspecified atom stereocenters. The maximum absolute atomic E-state index is 12.8. The molecule has 1 aliphatic rings. The van der Waals surface area contributed by atoms with Crippen LogP contribution in [0.5, 0.6) is 0 Å². The average Bonchev–Trinajstić information content (AvgIpc) is 3.32. The number of fused-ring (bicyclic) bond motifs is 1. The van der Waals surface area contributed by atoms with Crippen LogP contribution in [0, 0.1) is 0 Å². The lowest BCUT2D eigenvalue weighted by atomic mass is 10.1. The van der Waals surface area contributed by atoms with Crippen LogP contribution >= 0.6 is 24.8 Å². The van der Waals surface area contributed by atoms with E-state index in [0.717, 1.165) is 23.8 Å². The molecule has 4 rings (SSSR count). The molecule has 2 atom stereocenters. The van der Waals surface area contributed by atoms with Crippen LogP contribution in [0.25, 0.3) is 0 Å². The molecular formula is C19H25Cl2N7O. The molecule has 3 heterocycles. The van der Waals surface area contributed by atoms with Crippen LogP contribution in [0.3, 0.4) is 0 Å². The predicted molar refractivity (Wildman–Crippen MR) is 114 cm³/mol. The average molecular weight is 438 g/mol. The number of hydrogen-bond acceptors (Lipinski definition) is 5. The molecule has 1 amide bonds. The molecule has 0 saturated heterocycles. The first-order valence-electron chi connectivity index (χ1n) is 9.10. The van der Waals surface area contributed by atoms with Gasteiger partial charge in [-0.15, -0.1) is 35.0 Å². The Morgan fingerprint density at radius 3 is 2.72 bits per heavy atom. The molecule has 10 heteroatoms. The molecule has 0 saturated carbocycles. The van der Waals surface area contributed by atoms with Crippen molar-refractivity contribution in [2.45, 2.75) is 38.4 Å². The van der Waals surface area contributed by atoms with Gasteiger partial charge in [0.1, 0.15) is 5.82 Å². The van der Waals surface area contributed by atoms with Crippen LogP contribution in [0.1, 0.15) is 35.9 Å². The standard InChI is InChI=1S/C19H23N7O.2ClH/c1-13-10-25(19(27)16(20)8-15-9-21-12-22-15)11-18-24-23-17(26(13)18)7-14-5-3-2-4-6-14;;/h2-6,9,12-13,16H,7-8,10-11,20H2,1H3,(H,21,22);2*1H/t13-,16-;;/m0../s1. The number of hydrogen-bond donors (Lipinski definition) is 2. The molecule has 0 fully saturated rings. The van der Waals surface area contributed by atoms with E-state index in [-0.39, 0.29) is 36.8 Å². The Hall–Kier alpha value is -2.42. The fourth-order valence-electron chi connectivity index (χ4n) is 3.64. The van der Waals surface area contributed by atoms with Crippen molar-refractivity contribution in [3.05, 3.63) is 65.8 Å². The van der Waals surface area contributed by atoms with Crippen LogP contribution in [0.15, 0.2) is 42.9 Å². The quantitative estimate of drug-likeness (QED) is 0.633. The number of rotatable bonds is 5. The lowest BCUT2D eigenvalue weighted by molar-refractivity contribution is -0.134. The number of benzene rings is 1. The number of nitrogens with zero attached hydrogens (tertiary/aromatic N) is 5. The SMILES string of the molecule is C[C@H]1CN(C(=O)[C@@H](N)Cc2cnc[nH]2)Cc2nnc(Cc3ccccc3)n21.Cl.Cl. The Labute approximate surface area is 181 Å². The van der Waals surface area contributed by atoms with Crippen LogP contribution in [0.2, 0.25) is 0 Å². The third kappa shape index (κ3) is 4.95. The first-order chi connectivity index (χ1) is 13.1. The maximum atomic E-state index is 12.8. The van der Waals surface area contributed by atoms with E-state index in [1.54, 1.807) is 17.4 Å². The van der Waals surface area contributed by atoms with Gasteiger partial charge >= 0.3 is 0 Å². The zero-order valence-corrected chi connectivity index (χ0v) is 17.7. The topological polar surface area (TPSA) is 106 Å². The van der Waals surface area contributed by atoms with E-state index < -0.39 is 6.04 Å². The number of amides is 1. The van der Waals surface area contributed by atoms with E-state index in [4.69, 9.17) is 5.73 Å². The van der Waals surface area contributed by atoms with Crippen molar-refractivity contribution in [1.29, 1.82) is 0 Å². The molecule has 8 nitrogen and oxygen atoms in total. The van der Waals surface area contributed by atoms with E-state index in [1.807, 2.05) is 18.2 Å². The van der Waals surface area contributed by atoms with Crippen LogP contribution < -0.4 is 5.73 Å². The summed E-state index contributed by atoms with van der Waals surface area (Å²) in [6, 6.07) is 9.71. The monoisotopic (exact) mass is 437 g/mol. The fraction of sp³-hybridized carbons (Fsp3) is 0.368. The number of carbonyl (C=O) groups excluding carboxylic acids is 1. The van der Waals surface area contributed by atoms with Crippen molar-refractivity contribution in [1.82, 2.24) is 29.6 Å². The number of aromatic nitrogens is 5. The number of imidazole rings is 1. The second-order valence-electron chi connectivity index (χ2n) is 7.02. The Bertz CT molecular complexity index is 914. The van der Waals surface area contributed by atoms with Gasteiger partial charge in [0.05, 0.1) is 25.0 Å². The smallest absolute Gasteiger partial charge is 0.240 e. The highest BCUT2D eigenvalue weighted by molar-refractivity contribution is 5.85. The normalized spacial score (nSPS) is 16.3. The second kappa shape index (κ2) is 9.87. The van der Waals surface area contributed by atoms with Gasteiger partial charge in [-0.25, -0.2) is 4.98 Å². The minimum atomic E-state index is -0.601. The van der Waals surface area contributed by atoms with E-state index >= 15 is 0 Å². The van der Waals surface area contributed by atoms with E-state index in [0.29, 0.717) is 19.5 Å². The van der Waals surface area contributed by atoms with Gasteiger partial charge in [-0.1, -0.05) is 30.3 Å². The van der Waals surface area contributed by atoms with E-state index in [2.05, 4.69) is 43.8 Å². The first kappa shape index (κ1) is 22.9. The van der Waals surface area contributed by atoms with Crippen molar-refractivity contribution in [3.8, 4) is 0 Å². The number of halogens is 2. The largest absolute Gasteiger partial charge is 0.348 e. The summed E-state index contributed by atoms with van der Waals surface area (Å²) in [5.74, 6) is 1.66. The molecule has 1 aromatic carbocycles. The number of aromatic amines is 1. The summed E-state index contributed by atoms with van der Waals surface area (Å²) in [5, 5.41) is 8.71. The number of nitrogens with one attached hydrogen (secondary N) is 1. The molecule has 156 valence electrons. The van der Waals surface area contributed by atoms with Crippen LogP contribution in [-0.2, 0) is 24.2 Å². The van der Waals surface area contributed by atoms with Crippen molar-refractivity contribution < 1.29 is 4.79 Å². The van der Waals surface area contributed by atoms with E-state index in [9.17, 15) is 4.79 Å². The third-order valence-corrected chi connectivity index (χ3v) is 4.92. The number of nitrogens with two attached hydrogens (primary N) is 1. The van der Waals surface area contributed by atoms with Gasteiger partial charge in [0, 0.05) is 31.3 Å². The van der Waals surface area contributed by atoms with Crippen molar-refractivity contribution in [3.63, 3.8) is 0 Å². The fourth-order valence-corrected chi connectivity index (χ4v) is 3.64. The number of carbonyl (C=O) groups is 1. The summed E-state index contributed by atoms with van der Waals surface area (Å²) >= 11 is 0. The number of H-pyrrole nitrogens is 1. The van der Waals surface area contributed by atoms with Gasteiger partial charge in [0.25, 0.3) is 0 Å². The highest BCUT2D eigenvalue weighted by atomic mass is 35.5. The molecule has 2 aromatic heterocycles. The highest BCUT2D eigenvalue weighted by Crippen LogP contribution is 2.23. The highest BCUT2D eigenvalue weighted by Gasteiger charge is 2.31. The minimum absolute atomic E-state index is 0. The van der Waals surface area contributed by atoms with Crippen LogP contribution in [0.4, 0.5) is 0 Å². The Morgan fingerprint density at radius 2 is 2.03 bits per heavy atom. The summed E-state index contributed by atoms with van der Waals surface area (Å²) in [6.45, 7) is 3.12. The summed E-state index contributed by atoms with van der Waals surface area (Å²) in [7, 11) is 0. The van der Waals surface area contributed by atoms with Gasteiger partial charge in [0.15, 0.2) is 5.82 Å². The molecule has 3 N–H and O–H groups in total. The van der Waals surface area contributed by atoms with Gasteiger partial charge in [-0.2, -0.15) is 0 Å². The molecule has 0 spiro atoms.